The summed E-state index contributed by atoms with van der Waals surface area (Å²) >= 11 is 0. The molecule has 0 unspecified atom stereocenters. The van der Waals surface area contributed by atoms with Gasteiger partial charge in [-0.3, -0.25) is 0 Å². The summed E-state index contributed by atoms with van der Waals surface area (Å²) < 4.78 is 17.7. The van der Waals surface area contributed by atoms with Gasteiger partial charge in [-0.1, -0.05) is 11.2 Å². The first-order chi connectivity index (χ1) is 6.68. The molecule has 1 aromatic carbocycles. The number of phenols is 1. The van der Waals surface area contributed by atoms with Crippen LogP contribution in [0.15, 0.2) is 22.7 Å². The van der Waals surface area contributed by atoms with Crippen LogP contribution in [0.1, 0.15) is 5.82 Å². The molecule has 0 bridgehead atoms. The maximum atomic E-state index is 12.9. The highest BCUT2D eigenvalue weighted by Crippen LogP contribution is 2.29. The number of benzene rings is 1. The zero-order chi connectivity index (χ0) is 10.1. The van der Waals surface area contributed by atoms with Crippen molar-refractivity contribution in [2.45, 2.75) is 6.92 Å². The summed E-state index contributed by atoms with van der Waals surface area (Å²) in [5.74, 6) is -0.641. The van der Waals surface area contributed by atoms with E-state index in [0.717, 1.165) is 6.07 Å². The van der Waals surface area contributed by atoms with Crippen molar-refractivity contribution >= 4 is 0 Å². The van der Waals surface area contributed by atoms with Gasteiger partial charge in [0.2, 0.25) is 0 Å². The second kappa shape index (κ2) is 3.10. The van der Waals surface area contributed by atoms with Gasteiger partial charge >= 0.3 is 0 Å². The summed E-state index contributed by atoms with van der Waals surface area (Å²) in [6.07, 6.45) is 0. The first-order valence-corrected chi connectivity index (χ1v) is 3.96. The van der Waals surface area contributed by atoms with E-state index in [-0.39, 0.29) is 11.5 Å². The van der Waals surface area contributed by atoms with Gasteiger partial charge in [0.25, 0.3) is 5.89 Å². The van der Waals surface area contributed by atoms with Crippen molar-refractivity contribution in [2.75, 3.05) is 0 Å². The molecular weight excluding hydrogens is 187 g/mol. The van der Waals surface area contributed by atoms with Gasteiger partial charge in [0, 0.05) is 0 Å². The smallest absolute Gasteiger partial charge is 0.261 e. The van der Waals surface area contributed by atoms with Gasteiger partial charge in [-0.2, -0.15) is 4.98 Å². The Morgan fingerprint density at radius 3 is 2.86 bits per heavy atom. The van der Waals surface area contributed by atoms with Crippen LogP contribution in [0.4, 0.5) is 4.39 Å². The maximum absolute atomic E-state index is 12.9. The van der Waals surface area contributed by atoms with Crippen LogP contribution in [0.25, 0.3) is 11.5 Å². The first kappa shape index (κ1) is 8.68. The Morgan fingerprint density at radius 2 is 2.21 bits per heavy atom. The Balaban J connectivity index is 2.57. The molecule has 0 spiro atoms. The molecule has 0 radical (unpaired) electrons. The molecule has 2 aromatic rings. The van der Waals surface area contributed by atoms with E-state index >= 15 is 0 Å². The number of halogens is 1. The number of hydrogen-bond donors (Lipinski definition) is 1. The van der Waals surface area contributed by atoms with Crippen LogP contribution in [-0.2, 0) is 0 Å². The van der Waals surface area contributed by atoms with Crippen LogP contribution in [-0.4, -0.2) is 15.2 Å². The molecule has 0 amide bonds. The molecule has 2 rings (SSSR count). The third kappa shape index (κ3) is 1.32. The van der Waals surface area contributed by atoms with Crippen molar-refractivity contribution < 1.29 is 14.0 Å². The van der Waals surface area contributed by atoms with E-state index in [0.29, 0.717) is 5.82 Å². The van der Waals surface area contributed by atoms with Crippen molar-refractivity contribution in [2.24, 2.45) is 0 Å². The largest absolute Gasteiger partial charge is 0.504 e. The summed E-state index contributed by atoms with van der Waals surface area (Å²) in [5.41, 5.74) is 0.200. The molecule has 5 heteroatoms. The molecule has 1 N–H and O–H groups in total. The average Bonchev–Trinajstić information content (AvgIpc) is 2.57. The quantitative estimate of drug-likeness (QED) is 0.753. The van der Waals surface area contributed by atoms with E-state index in [4.69, 9.17) is 4.52 Å². The number of aromatic nitrogens is 2. The molecule has 0 atom stereocenters. The van der Waals surface area contributed by atoms with Gasteiger partial charge in [0.1, 0.15) is 0 Å². The highest BCUT2D eigenvalue weighted by Gasteiger charge is 2.13. The average molecular weight is 194 g/mol. The van der Waals surface area contributed by atoms with Gasteiger partial charge < -0.3 is 9.63 Å². The number of phenolic OH excluding ortho intramolecular Hbond substituents is 1. The lowest BCUT2D eigenvalue weighted by Crippen LogP contribution is -1.82. The molecule has 4 nitrogen and oxygen atoms in total. The highest BCUT2D eigenvalue weighted by molar-refractivity contribution is 5.62. The zero-order valence-electron chi connectivity index (χ0n) is 7.36. The Bertz CT molecular complexity index is 468. The monoisotopic (exact) mass is 194 g/mol. The lowest BCUT2D eigenvalue weighted by molar-refractivity contribution is 0.411. The van der Waals surface area contributed by atoms with Gasteiger partial charge in [0.15, 0.2) is 17.4 Å². The van der Waals surface area contributed by atoms with Crippen LogP contribution in [0.2, 0.25) is 0 Å². The molecule has 14 heavy (non-hydrogen) atoms. The van der Waals surface area contributed by atoms with Crippen LogP contribution >= 0.6 is 0 Å². The second-order valence-electron chi connectivity index (χ2n) is 2.78. The fourth-order valence-corrected chi connectivity index (χ4v) is 1.09. The third-order valence-electron chi connectivity index (χ3n) is 1.74. The molecule has 1 heterocycles. The Hall–Kier alpha value is -1.91. The molecule has 0 aliphatic carbocycles. The normalized spacial score (nSPS) is 10.4. The standard InChI is InChI=1S/C9H7FN2O2/c1-5-11-9(14-12-5)6-3-2-4-7(10)8(6)13/h2-4,13H,1H3. The van der Waals surface area contributed by atoms with Gasteiger partial charge in [-0.05, 0) is 19.1 Å². The summed E-state index contributed by atoms with van der Waals surface area (Å²) in [4.78, 5) is 3.88. The van der Waals surface area contributed by atoms with Crippen molar-refractivity contribution in [3.05, 3.63) is 29.8 Å². The summed E-state index contributed by atoms with van der Waals surface area (Å²) in [6, 6.07) is 4.12. The lowest BCUT2D eigenvalue weighted by Gasteiger charge is -1.98. The predicted octanol–water partition coefficient (Wildman–Crippen LogP) is 1.89. The minimum Gasteiger partial charge on any atom is -0.504 e. The van der Waals surface area contributed by atoms with Crippen LogP contribution in [0.5, 0.6) is 5.75 Å². The second-order valence-corrected chi connectivity index (χ2v) is 2.78. The van der Waals surface area contributed by atoms with E-state index in [9.17, 15) is 9.50 Å². The van der Waals surface area contributed by atoms with E-state index in [2.05, 4.69) is 10.1 Å². The maximum Gasteiger partial charge on any atom is 0.261 e. The molecule has 0 aliphatic heterocycles. The van der Waals surface area contributed by atoms with E-state index in [1.165, 1.54) is 12.1 Å². The lowest BCUT2D eigenvalue weighted by atomic mass is 10.2. The Morgan fingerprint density at radius 1 is 1.43 bits per heavy atom. The molecule has 0 saturated carbocycles. The van der Waals surface area contributed by atoms with Crippen LogP contribution < -0.4 is 0 Å². The minimum absolute atomic E-state index is 0.111. The minimum atomic E-state index is -0.710. The number of hydrogen-bond acceptors (Lipinski definition) is 4. The zero-order valence-corrected chi connectivity index (χ0v) is 7.36. The number of nitrogens with zero attached hydrogens (tertiary/aromatic N) is 2. The van der Waals surface area contributed by atoms with E-state index < -0.39 is 11.6 Å². The third-order valence-corrected chi connectivity index (χ3v) is 1.74. The van der Waals surface area contributed by atoms with Gasteiger partial charge in [-0.15, -0.1) is 0 Å². The van der Waals surface area contributed by atoms with Crippen LogP contribution in [0, 0.1) is 12.7 Å². The van der Waals surface area contributed by atoms with Crippen molar-refractivity contribution in [3.63, 3.8) is 0 Å². The SMILES string of the molecule is Cc1noc(-c2cccc(F)c2O)n1. The van der Waals surface area contributed by atoms with E-state index in [1.54, 1.807) is 6.92 Å². The Labute approximate surface area is 79.0 Å². The summed E-state index contributed by atoms with van der Waals surface area (Å²) in [5, 5.41) is 12.9. The fraction of sp³-hybridized carbons (Fsp3) is 0.111. The van der Waals surface area contributed by atoms with E-state index in [1.807, 2.05) is 0 Å². The summed E-state index contributed by atoms with van der Waals surface area (Å²) in [6.45, 7) is 1.64. The molecule has 0 saturated heterocycles. The molecular formula is C9H7FN2O2. The van der Waals surface area contributed by atoms with Crippen molar-refractivity contribution in [1.29, 1.82) is 0 Å². The molecule has 72 valence electrons. The van der Waals surface area contributed by atoms with Crippen molar-refractivity contribution in [1.82, 2.24) is 10.1 Å². The number of aryl methyl sites for hydroxylation is 1. The van der Waals surface area contributed by atoms with Crippen LogP contribution in [0.3, 0.4) is 0 Å². The molecule has 0 fully saturated rings. The number of para-hydroxylation sites is 1. The summed E-state index contributed by atoms with van der Waals surface area (Å²) in [7, 11) is 0. The first-order valence-electron chi connectivity index (χ1n) is 3.96. The number of aromatic hydroxyl groups is 1. The van der Waals surface area contributed by atoms with Crippen molar-refractivity contribution in [3.8, 4) is 17.2 Å². The fourth-order valence-electron chi connectivity index (χ4n) is 1.09. The van der Waals surface area contributed by atoms with Gasteiger partial charge in [-0.25, -0.2) is 4.39 Å². The topological polar surface area (TPSA) is 59.2 Å². The Kier molecular flexibility index (Phi) is 1.92. The van der Waals surface area contributed by atoms with Gasteiger partial charge in [0.05, 0.1) is 5.56 Å². The molecule has 1 aromatic heterocycles. The highest BCUT2D eigenvalue weighted by atomic mass is 19.1. The molecule has 0 aliphatic rings. The predicted molar refractivity (Wildman–Crippen MR) is 46.1 cm³/mol. The number of rotatable bonds is 1.